The Bertz CT molecular complexity index is 311. The molecule has 0 aliphatic carbocycles. The van der Waals surface area contributed by atoms with Crippen molar-refractivity contribution in [1.29, 1.82) is 0 Å². The first-order valence-electron chi connectivity index (χ1n) is 5.57. The van der Waals surface area contributed by atoms with Gasteiger partial charge in [-0.05, 0) is 30.7 Å². The van der Waals surface area contributed by atoms with Crippen molar-refractivity contribution in [1.82, 2.24) is 0 Å². The van der Waals surface area contributed by atoms with Gasteiger partial charge in [0.2, 0.25) is 0 Å². The number of Topliss-reactive ketones (excluding diaryl/α,β-unsaturated/α-hetero) is 1. The number of rotatable bonds is 5. The molecule has 1 aromatic carbocycles. The lowest BCUT2D eigenvalue weighted by atomic mass is 9.80. The molecule has 0 saturated heterocycles. The molecule has 0 fully saturated rings. The van der Waals surface area contributed by atoms with Gasteiger partial charge in [0.15, 0.2) is 0 Å². The summed E-state index contributed by atoms with van der Waals surface area (Å²) in [7, 11) is 0. The van der Waals surface area contributed by atoms with Crippen molar-refractivity contribution < 1.29 is 4.79 Å². The highest BCUT2D eigenvalue weighted by atomic mass is 16.1. The summed E-state index contributed by atoms with van der Waals surface area (Å²) >= 11 is 0. The van der Waals surface area contributed by atoms with Crippen LogP contribution in [0.5, 0.6) is 0 Å². The Morgan fingerprint density at radius 1 is 1.19 bits per heavy atom. The van der Waals surface area contributed by atoms with Gasteiger partial charge in [-0.15, -0.1) is 0 Å². The Kier molecular flexibility index (Phi) is 6.02. The van der Waals surface area contributed by atoms with Gasteiger partial charge in [-0.1, -0.05) is 51.6 Å². The molecule has 0 radical (unpaired) electrons. The molecule has 1 heteroatoms. The summed E-state index contributed by atoms with van der Waals surface area (Å²) in [6.45, 7) is 6.14. The maximum Gasteiger partial charge on any atom is 0.129 e. The van der Waals surface area contributed by atoms with Crippen LogP contribution in [-0.4, -0.2) is 5.78 Å². The Hall–Kier alpha value is -1.11. The van der Waals surface area contributed by atoms with E-state index in [1.54, 1.807) is 6.92 Å². The number of hydrogen-bond donors (Lipinski definition) is 0. The van der Waals surface area contributed by atoms with Crippen LogP contribution < -0.4 is 0 Å². The lowest BCUT2D eigenvalue weighted by molar-refractivity contribution is -0.117. The van der Waals surface area contributed by atoms with Gasteiger partial charge in [-0.2, -0.15) is 0 Å². The van der Waals surface area contributed by atoms with Gasteiger partial charge >= 0.3 is 0 Å². The smallest absolute Gasteiger partial charge is 0.129 e. The zero-order valence-corrected chi connectivity index (χ0v) is 9.92. The van der Waals surface area contributed by atoms with Crippen LogP contribution in [0.3, 0.4) is 0 Å². The molecule has 0 atom stereocenters. The number of benzene rings is 1. The summed E-state index contributed by atoms with van der Waals surface area (Å²) in [5, 5.41) is 0. The summed E-state index contributed by atoms with van der Waals surface area (Å²) in [4.78, 5) is 10.9. The summed E-state index contributed by atoms with van der Waals surface area (Å²) < 4.78 is 0. The first-order chi connectivity index (χ1) is 7.02. The number of carbonyl (C=O) groups is 1. The predicted octanol–water partition coefficient (Wildman–Crippen LogP) is 4.36. The van der Waals surface area contributed by atoms with Gasteiger partial charge in [0.25, 0.3) is 0 Å². The van der Waals surface area contributed by atoms with E-state index in [4.69, 9.17) is 0 Å². The minimum atomic E-state index is 0. The molecule has 0 heterocycles. The molecule has 1 aromatic rings. The lowest BCUT2D eigenvalue weighted by Gasteiger charge is -2.25. The maximum atomic E-state index is 10.9. The highest BCUT2D eigenvalue weighted by Gasteiger charge is 2.19. The van der Waals surface area contributed by atoms with Crippen LogP contribution in [-0.2, 0) is 10.2 Å². The maximum absolute atomic E-state index is 10.9. The van der Waals surface area contributed by atoms with E-state index < -0.39 is 0 Å². The second-order valence-corrected chi connectivity index (χ2v) is 4.81. The molecule has 1 nitrogen and oxygen atoms in total. The van der Waals surface area contributed by atoms with E-state index in [2.05, 4.69) is 38.1 Å². The van der Waals surface area contributed by atoms with Crippen molar-refractivity contribution in [2.75, 3.05) is 0 Å². The summed E-state index contributed by atoms with van der Waals surface area (Å²) in [6.07, 6.45) is 2.75. The monoisotopic (exact) mass is 220 g/mol. The van der Waals surface area contributed by atoms with Gasteiger partial charge < -0.3 is 4.79 Å². The van der Waals surface area contributed by atoms with Crippen molar-refractivity contribution in [2.24, 2.45) is 0 Å². The molecule has 0 aliphatic heterocycles. The summed E-state index contributed by atoms with van der Waals surface area (Å²) in [5.74, 6) is 0.291. The Balaban J connectivity index is 0.00000225. The van der Waals surface area contributed by atoms with E-state index in [0.717, 1.165) is 12.8 Å². The molecule has 16 heavy (non-hydrogen) atoms. The van der Waals surface area contributed by atoms with Crippen molar-refractivity contribution >= 4 is 5.78 Å². The molecule has 0 amide bonds. The van der Waals surface area contributed by atoms with Gasteiger partial charge in [0.05, 0.1) is 0 Å². The summed E-state index contributed by atoms with van der Waals surface area (Å²) in [6, 6.07) is 10.5. The van der Waals surface area contributed by atoms with E-state index in [1.165, 1.54) is 5.56 Å². The molecule has 0 spiro atoms. The van der Waals surface area contributed by atoms with E-state index in [1.807, 2.05) is 6.07 Å². The fourth-order valence-electron chi connectivity index (χ4n) is 1.81. The molecule has 0 N–H and O–H groups in total. The second kappa shape index (κ2) is 6.47. The Labute approximate surface area is 99.9 Å². The zero-order chi connectivity index (χ0) is 11.3. The average molecular weight is 220 g/mol. The standard InChI is InChI=1S/C14H20O.CH4/c1-12(15)8-7-11-14(2,3)13-9-5-4-6-10-13;/h4-6,9-10H,7-8,11H2,1-3H3;1H4. The minimum absolute atomic E-state index is 0. The highest BCUT2D eigenvalue weighted by molar-refractivity contribution is 5.75. The third-order valence-electron chi connectivity index (χ3n) is 2.89. The van der Waals surface area contributed by atoms with Crippen LogP contribution >= 0.6 is 0 Å². The zero-order valence-electron chi connectivity index (χ0n) is 9.92. The van der Waals surface area contributed by atoms with Crippen molar-refractivity contribution in [2.45, 2.75) is 52.9 Å². The van der Waals surface area contributed by atoms with E-state index in [9.17, 15) is 4.79 Å². The third-order valence-corrected chi connectivity index (χ3v) is 2.89. The molecule has 0 aliphatic rings. The first kappa shape index (κ1) is 14.9. The molecular formula is C15H24O. The molecule has 90 valence electrons. The van der Waals surface area contributed by atoms with Crippen molar-refractivity contribution in [3.05, 3.63) is 35.9 Å². The van der Waals surface area contributed by atoms with Crippen LogP contribution in [0.1, 0.15) is 53.0 Å². The van der Waals surface area contributed by atoms with Crippen LogP contribution in [0.25, 0.3) is 0 Å². The van der Waals surface area contributed by atoms with Crippen molar-refractivity contribution in [3.8, 4) is 0 Å². The van der Waals surface area contributed by atoms with E-state index in [0.29, 0.717) is 12.2 Å². The van der Waals surface area contributed by atoms with Crippen LogP contribution in [0.15, 0.2) is 30.3 Å². The highest BCUT2D eigenvalue weighted by Crippen LogP contribution is 2.28. The van der Waals surface area contributed by atoms with E-state index >= 15 is 0 Å². The van der Waals surface area contributed by atoms with Crippen LogP contribution in [0.4, 0.5) is 0 Å². The third kappa shape index (κ3) is 4.61. The normalized spacial score (nSPS) is 10.7. The topological polar surface area (TPSA) is 17.1 Å². The molecule has 1 rings (SSSR count). The average Bonchev–Trinajstić information content (AvgIpc) is 2.18. The number of hydrogen-bond acceptors (Lipinski definition) is 1. The van der Waals surface area contributed by atoms with Gasteiger partial charge in [-0.25, -0.2) is 0 Å². The fraction of sp³-hybridized carbons (Fsp3) is 0.533. The largest absolute Gasteiger partial charge is 0.300 e. The van der Waals surface area contributed by atoms with Gasteiger partial charge in [0.1, 0.15) is 5.78 Å². The Morgan fingerprint density at radius 3 is 2.25 bits per heavy atom. The van der Waals surface area contributed by atoms with Crippen LogP contribution in [0.2, 0.25) is 0 Å². The van der Waals surface area contributed by atoms with Gasteiger partial charge in [0, 0.05) is 6.42 Å². The summed E-state index contributed by atoms with van der Waals surface area (Å²) in [5.41, 5.74) is 1.53. The molecule has 0 saturated carbocycles. The quantitative estimate of drug-likeness (QED) is 0.720. The molecule has 0 aromatic heterocycles. The van der Waals surface area contributed by atoms with E-state index in [-0.39, 0.29) is 12.8 Å². The molecule has 0 bridgehead atoms. The van der Waals surface area contributed by atoms with Gasteiger partial charge in [-0.3, -0.25) is 0 Å². The predicted molar refractivity (Wildman–Crippen MR) is 70.7 cm³/mol. The SMILES string of the molecule is C.CC(=O)CCCC(C)(C)c1ccccc1. The number of carbonyl (C=O) groups excluding carboxylic acids is 1. The fourth-order valence-corrected chi connectivity index (χ4v) is 1.81. The van der Waals surface area contributed by atoms with Crippen LogP contribution in [0, 0.1) is 0 Å². The first-order valence-corrected chi connectivity index (χ1v) is 5.57. The molecule has 0 unspecified atom stereocenters. The van der Waals surface area contributed by atoms with Crippen molar-refractivity contribution in [3.63, 3.8) is 0 Å². The Morgan fingerprint density at radius 2 is 1.75 bits per heavy atom. The minimum Gasteiger partial charge on any atom is -0.300 e. The second-order valence-electron chi connectivity index (χ2n) is 4.81. The molecular weight excluding hydrogens is 196 g/mol. The lowest BCUT2D eigenvalue weighted by Crippen LogP contribution is -2.17. The number of ketones is 1.